The quantitative estimate of drug-likeness (QED) is 0.643. The van der Waals surface area contributed by atoms with Gasteiger partial charge in [0, 0.05) is 24.7 Å². The van der Waals surface area contributed by atoms with Crippen LogP contribution in [0.2, 0.25) is 0 Å². The van der Waals surface area contributed by atoms with Gasteiger partial charge < -0.3 is 0 Å². The minimum atomic E-state index is -0.0829. The molecule has 0 aromatic carbocycles. The van der Waals surface area contributed by atoms with Crippen LogP contribution in [0.3, 0.4) is 0 Å². The molecule has 1 aliphatic carbocycles. The van der Waals surface area contributed by atoms with E-state index < -0.39 is 0 Å². The molecule has 0 radical (unpaired) electrons. The molecule has 0 aromatic heterocycles. The number of ketones is 2. The largest absolute Gasteiger partial charge is 0.299 e. The molecule has 0 heterocycles. The highest BCUT2D eigenvalue weighted by Crippen LogP contribution is 2.21. The Bertz CT molecular complexity index is 242. The maximum atomic E-state index is 12.0. The molecule has 2 nitrogen and oxygen atoms in total. The number of Topliss-reactive ketones (excluding diaryl/α,β-unsaturated/α-hetero) is 2. The van der Waals surface area contributed by atoms with Gasteiger partial charge in [-0.05, 0) is 12.8 Å². The van der Waals surface area contributed by atoms with Crippen molar-refractivity contribution >= 4 is 11.6 Å². The van der Waals surface area contributed by atoms with E-state index in [1.807, 2.05) is 13.8 Å². The van der Waals surface area contributed by atoms with E-state index in [0.717, 1.165) is 12.8 Å². The van der Waals surface area contributed by atoms with Gasteiger partial charge in [-0.1, -0.05) is 52.4 Å². The average Bonchev–Trinajstić information content (AvgIpc) is 2.37. The van der Waals surface area contributed by atoms with E-state index in [1.54, 1.807) is 0 Å². The Morgan fingerprint density at radius 1 is 0.611 bits per heavy atom. The van der Waals surface area contributed by atoms with Crippen LogP contribution >= 0.6 is 0 Å². The monoisotopic (exact) mass is 252 g/mol. The molecule has 0 aromatic rings. The van der Waals surface area contributed by atoms with Gasteiger partial charge >= 0.3 is 0 Å². The summed E-state index contributed by atoms with van der Waals surface area (Å²) in [5.74, 6) is 0.404. The molecule has 0 spiro atoms. The van der Waals surface area contributed by atoms with Crippen molar-refractivity contribution in [2.75, 3.05) is 0 Å². The second-order valence-electron chi connectivity index (χ2n) is 5.84. The second kappa shape index (κ2) is 8.44. The van der Waals surface area contributed by atoms with E-state index in [1.165, 1.54) is 38.5 Å². The number of hydrogen-bond donors (Lipinski definition) is 0. The Kier molecular flexibility index (Phi) is 7.22. The smallest absolute Gasteiger partial charge is 0.136 e. The molecule has 1 fully saturated rings. The third kappa shape index (κ3) is 5.32. The van der Waals surface area contributed by atoms with Crippen molar-refractivity contribution in [1.29, 1.82) is 0 Å². The maximum Gasteiger partial charge on any atom is 0.136 e. The van der Waals surface area contributed by atoms with Crippen molar-refractivity contribution < 1.29 is 9.59 Å². The molecule has 0 amide bonds. The van der Waals surface area contributed by atoms with Crippen LogP contribution in [-0.2, 0) is 9.59 Å². The predicted molar refractivity (Wildman–Crippen MR) is 74.5 cm³/mol. The lowest BCUT2D eigenvalue weighted by atomic mass is 9.84. The van der Waals surface area contributed by atoms with Crippen LogP contribution in [0.1, 0.15) is 78.1 Å². The third-order valence-corrected chi connectivity index (χ3v) is 4.36. The highest BCUT2D eigenvalue weighted by molar-refractivity contribution is 5.89. The molecule has 0 N–H and O–H groups in total. The number of rotatable bonds is 0. The highest BCUT2D eigenvalue weighted by atomic mass is 16.1. The lowest BCUT2D eigenvalue weighted by Gasteiger charge is -2.18. The van der Waals surface area contributed by atoms with Gasteiger partial charge in [-0.2, -0.15) is 0 Å². The average molecular weight is 252 g/mol. The molecule has 1 aliphatic rings. The molecular weight excluding hydrogens is 224 g/mol. The van der Waals surface area contributed by atoms with Crippen molar-refractivity contribution in [2.24, 2.45) is 11.8 Å². The predicted octanol–water partition coefficient (Wildman–Crippen LogP) is 4.31. The third-order valence-electron chi connectivity index (χ3n) is 4.36. The molecule has 1 rings (SSSR count). The van der Waals surface area contributed by atoms with Crippen molar-refractivity contribution in [2.45, 2.75) is 78.1 Å². The summed E-state index contributed by atoms with van der Waals surface area (Å²) in [5, 5.41) is 0. The Morgan fingerprint density at radius 2 is 0.889 bits per heavy atom. The van der Waals surface area contributed by atoms with Gasteiger partial charge in [0.15, 0.2) is 0 Å². The molecule has 0 aliphatic heterocycles. The summed E-state index contributed by atoms with van der Waals surface area (Å²) in [5.41, 5.74) is 0. The van der Waals surface area contributed by atoms with Crippen molar-refractivity contribution in [3.63, 3.8) is 0 Å². The molecule has 2 unspecified atom stereocenters. The summed E-state index contributed by atoms with van der Waals surface area (Å²) < 4.78 is 0. The van der Waals surface area contributed by atoms with Gasteiger partial charge in [-0.3, -0.25) is 9.59 Å². The zero-order valence-corrected chi connectivity index (χ0v) is 12.0. The molecule has 0 saturated heterocycles. The first-order valence-corrected chi connectivity index (χ1v) is 7.68. The zero-order valence-electron chi connectivity index (χ0n) is 12.0. The molecule has 1 saturated carbocycles. The van der Waals surface area contributed by atoms with Gasteiger partial charge in [0.1, 0.15) is 11.6 Å². The minimum Gasteiger partial charge on any atom is -0.299 e. The van der Waals surface area contributed by atoms with Crippen LogP contribution in [0, 0.1) is 11.8 Å². The van der Waals surface area contributed by atoms with Crippen LogP contribution in [0.15, 0.2) is 0 Å². The summed E-state index contributed by atoms with van der Waals surface area (Å²) in [6, 6.07) is 0. The lowest BCUT2D eigenvalue weighted by molar-refractivity contribution is -0.131. The molecule has 2 atom stereocenters. The fourth-order valence-corrected chi connectivity index (χ4v) is 2.67. The molecule has 104 valence electrons. The van der Waals surface area contributed by atoms with Crippen molar-refractivity contribution in [3.05, 3.63) is 0 Å². The van der Waals surface area contributed by atoms with Crippen LogP contribution in [-0.4, -0.2) is 11.6 Å². The van der Waals surface area contributed by atoms with E-state index >= 15 is 0 Å². The van der Waals surface area contributed by atoms with Crippen LogP contribution in [0.4, 0.5) is 0 Å². The van der Waals surface area contributed by atoms with Gasteiger partial charge in [0.05, 0.1) is 0 Å². The topological polar surface area (TPSA) is 34.1 Å². The Balaban J connectivity index is 2.51. The van der Waals surface area contributed by atoms with Crippen LogP contribution < -0.4 is 0 Å². The molecular formula is C16H28O2. The summed E-state index contributed by atoms with van der Waals surface area (Å²) >= 11 is 0. The fourth-order valence-electron chi connectivity index (χ4n) is 2.67. The van der Waals surface area contributed by atoms with E-state index in [0.29, 0.717) is 12.8 Å². The Hall–Kier alpha value is -0.660. The number of carbonyl (C=O) groups is 2. The number of hydrogen-bond acceptors (Lipinski definition) is 2. The Labute approximate surface area is 112 Å². The fraction of sp³-hybridized carbons (Fsp3) is 0.875. The first-order valence-electron chi connectivity index (χ1n) is 7.68. The molecule has 18 heavy (non-hydrogen) atoms. The summed E-state index contributed by atoms with van der Waals surface area (Å²) in [4.78, 5) is 24.0. The summed E-state index contributed by atoms with van der Waals surface area (Å²) in [7, 11) is 0. The normalized spacial score (nSPS) is 29.9. The van der Waals surface area contributed by atoms with Crippen molar-refractivity contribution in [1.82, 2.24) is 0 Å². The molecule has 0 bridgehead atoms. The number of carbonyl (C=O) groups excluding carboxylic acids is 2. The van der Waals surface area contributed by atoms with Gasteiger partial charge in [0.2, 0.25) is 0 Å². The van der Waals surface area contributed by atoms with Gasteiger partial charge in [-0.15, -0.1) is 0 Å². The van der Waals surface area contributed by atoms with Gasteiger partial charge in [-0.25, -0.2) is 0 Å². The minimum absolute atomic E-state index is 0.0829. The van der Waals surface area contributed by atoms with E-state index in [4.69, 9.17) is 0 Å². The standard InChI is InChI=1S/C16H28O2/c1-13-14(2)16(18)12-10-8-6-4-3-5-7-9-11-15(13)17/h13-14H,3-12H2,1-2H3. The molecule has 2 heteroatoms. The van der Waals surface area contributed by atoms with Crippen LogP contribution in [0.5, 0.6) is 0 Å². The Morgan fingerprint density at radius 3 is 1.22 bits per heavy atom. The second-order valence-corrected chi connectivity index (χ2v) is 5.84. The maximum absolute atomic E-state index is 12.0. The van der Waals surface area contributed by atoms with Crippen molar-refractivity contribution in [3.8, 4) is 0 Å². The first kappa shape index (κ1) is 15.4. The van der Waals surface area contributed by atoms with E-state index in [9.17, 15) is 9.59 Å². The first-order chi connectivity index (χ1) is 8.63. The summed E-state index contributed by atoms with van der Waals surface area (Å²) in [6.45, 7) is 3.85. The SMILES string of the molecule is CC1C(=O)CCCCCCCCCCC(=O)C1C. The zero-order chi connectivity index (χ0) is 13.4. The van der Waals surface area contributed by atoms with Gasteiger partial charge in [0.25, 0.3) is 0 Å². The van der Waals surface area contributed by atoms with E-state index in [-0.39, 0.29) is 23.4 Å². The lowest BCUT2D eigenvalue weighted by Crippen LogP contribution is -2.25. The van der Waals surface area contributed by atoms with E-state index in [2.05, 4.69) is 0 Å². The van der Waals surface area contributed by atoms with Crippen LogP contribution in [0.25, 0.3) is 0 Å². The summed E-state index contributed by atoms with van der Waals surface area (Å²) in [6.07, 6.45) is 10.8. The highest BCUT2D eigenvalue weighted by Gasteiger charge is 2.24.